The van der Waals surface area contributed by atoms with Crippen LogP contribution in [-0.2, 0) is 11.3 Å². The van der Waals surface area contributed by atoms with E-state index in [0.29, 0.717) is 29.3 Å². The van der Waals surface area contributed by atoms with E-state index in [9.17, 15) is 9.59 Å². The van der Waals surface area contributed by atoms with E-state index in [0.717, 1.165) is 5.56 Å². The number of carbonyl (C=O) groups is 2. The van der Waals surface area contributed by atoms with Crippen LogP contribution in [0.2, 0.25) is 0 Å². The van der Waals surface area contributed by atoms with Crippen LogP contribution >= 0.6 is 0 Å². The van der Waals surface area contributed by atoms with Gasteiger partial charge in [-0.1, -0.05) is 30.3 Å². The molecule has 0 atom stereocenters. The summed E-state index contributed by atoms with van der Waals surface area (Å²) in [6, 6.07) is 13.2. The number of likely N-dealkylation sites (N-methyl/N-ethyl adjacent to an activating group) is 1. The van der Waals surface area contributed by atoms with Gasteiger partial charge in [0.15, 0.2) is 17.3 Å². The highest BCUT2D eigenvalue weighted by molar-refractivity contribution is 6.05. The van der Waals surface area contributed by atoms with Gasteiger partial charge in [0.05, 0.1) is 12.2 Å². The van der Waals surface area contributed by atoms with Crippen molar-refractivity contribution in [3.05, 3.63) is 53.6 Å². The lowest BCUT2D eigenvalue weighted by Crippen LogP contribution is -2.30. The van der Waals surface area contributed by atoms with Gasteiger partial charge in [-0.3, -0.25) is 14.5 Å². The Balaban J connectivity index is 1.67. The molecule has 0 bridgehead atoms. The molecular weight excluding hydrogens is 320 g/mol. The van der Waals surface area contributed by atoms with E-state index in [4.69, 9.17) is 9.47 Å². The molecule has 1 aliphatic rings. The minimum absolute atomic E-state index is 0.115. The van der Waals surface area contributed by atoms with Gasteiger partial charge in [-0.05, 0) is 25.6 Å². The smallest absolute Gasteiger partial charge is 0.238 e. The minimum atomic E-state index is -0.195. The second kappa shape index (κ2) is 7.36. The fourth-order valence-corrected chi connectivity index (χ4v) is 2.72. The van der Waals surface area contributed by atoms with Crippen LogP contribution in [0.1, 0.15) is 22.8 Å². The van der Waals surface area contributed by atoms with Gasteiger partial charge in [-0.2, -0.15) is 0 Å². The predicted molar refractivity (Wildman–Crippen MR) is 94.0 cm³/mol. The monoisotopic (exact) mass is 340 g/mol. The van der Waals surface area contributed by atoms with Gasteiger partial charge in [-0.15, -0.1) is 0 Å². The van der Waals surface area contributed by atoms with E-state index in [2.05, 4.69) is 5.32 Å². The number of rotatable bonds is 6. The summed E-state index contributed by atoms with van der Waals surface area (Å²) in [5.41, 5.74) is 1.98. The summed E-state index contributed by atoms with van der Waals surface area (Å²) >= 11 is 0. The maximum atomic E-state index is 12.4. The highest BCUT2D eigenvalue weighted by Gasteiger charge is 2.20. The molecule has 2 aromatic carbocycles. The van der Waals surface area contributed by atoms with Crippen molar-refractivity contribution in [1.82, 2.24) is 4.90 Å². The van der Waals surface area contributed by atoms with Crippen molar-refractivity contribution < 1.29 is 19.1 Å². The number of amides is 1. The molecule has 0 unspecified atom stereocenters. The minimum Gasteiger partial charge on any atom is -0.454 e. The summed E-state index contributed by atoms with van der Waals surface area (Å²) < 4.78 is 10.6. The summed E-state index contributed by atoms with van der Waals surface area (Å²) in [4.78, 5) is 26.1. The first-order valence-electron chi connectivity index (χ1n) is 8.00. The molecule has 0 aliphatic carbocycles. The zero-order valence-electron chi connectivity index (χ0n) is 14.2. The lowest BCUT2D eigenvalue weighted by molar-refractivity contribution is -0.117. The molecule has 2 aromatic rings. The summed E-state index contributed by atoms with van der Waals surface area (Å²) in [7, 11) is 1.87. The molecule has 6 heteroatoms. The van der Waals surface area contributed by atoms with Crippen LogP contribution in [0.25, 0.3) is 0 Å². The molecule has 0 saturated heterocycles. The topological polar surface area (TPSA) is 67.9 Å². The van der Waals surface area contributed by atoms with E-state index >= 15 is 0 Å². The molecule has 3 rings (SSSR count). The van der Waals surface area contributed by atoms with Crippen LogP contribution in [0, 0.1) is 0 Å². The lowest BCUT2D eigenvalue weighted by atomic mass is 10.1. The third-order valence-electron chi connectivity index (χ3n) is 3.87. The first-order valence-corrected chi connectivity index (χ1v) is 8.00. The molecule has 1 heterocycles. The Morgan fingerprint density at radius 2 is 1.80 bits per heavy atom. The van der Waals surface area contributed by atoms with Gasteiger partial charge >= 0.3 is 0 Å². The Labute approximate surface area is 146 Å². The van der Waals surface area contributed by atoms with Crippen molar-refractivity contribution in [3.8, 4) is 11.5 Å². The number of anilines is 1. The second-order valence-corrected chi connectivity index (χ2v) is 6.01. The van der Waals surface area contributed by atoms with E-state index in [1.807, 2.05) is 42.3 Å². The van der Waals surface area contributed by atoms with Crippen LogP contribution in [0.3, 0.4) is 0 Å². The summed E-state index contributed by atoms with van der Waals surface area (Å²) in [5.74, 6) is 0.702. The summed E-state index contributed by atoms with van der Waals surface area (Å²) in [5, 5.41) is 2.80. The van der Waals surface area contributed by atoms with Crippen molar-refractivity contribution in [1.29, 1.82) is 0 Å². The number of Topliss-reactive ketones (excluding diaryl/α,β-unsaturated/α-hetero) is 1. The van der Waals surface area contributed by atoms with Gasteiger partial charge in [0, 0.05) is 18.2 Å². The van der Waals surface area contributed by atoms with Crippen molar-refractivity contribution >= 4 is 17.4 Å². The third-order valence-corrected chi connectivity index (χ3v) is 3.87. The standard InChI is InChI=1S/C19H20N2O4/c1-13(22)15-8-17-18(25-12-24-17)9-16(15)20-19(23)11-21(2)10-14-6-4-3-5-7-14/h3-9H,10-12H2,1-2H3,(H,20,23). The number of hydrogen-bond donors (Lipinski definition) is 1. The van der Waals surface area contributed by atoms with Gasteiger partial charge < -0.3 is 14.8 Å². The Kier molecular flexibility index (Phi) is 5.00. The van der Waals surface area contributed by atoms with Crippen LogP contribution in [0.15, 0.2) is 42.5 Å². The zero-order chi connectivity index (χ0) is 17.8. The third kappa shape index (κ3) is 4.16. The number of carbonyl (C=O) groups excluding carboxylic acids is 2. The van der Waals surface area contributed by atoms with Gasteiger partial charge in [0.2, 0.25) is 12.7 Å². The molecule has 0 aromatic heterocycles. The van der Waals surface area contributed by atoms with Crippen molar-refractivity contribution in [2.75, 3.05) is 25.7 Å². The predicted octanol–water partition coefficient (Wildman–Crippen LogP) is 2.69. The van der Waals surface area contributed by atoms with Crippen molar-refractivity contribution in [3.63, 3.8) is 0 Å². The fourth-order valence-electron chi connectivity index (χ4n) is 2.72. The van der Waals surface area contributed by atoms with Crippen molar-refractivity contribution in [2.24, 2.45) is 0 Å². The van der Waals surface area contributed by atoms with Crippen LogP contribution in [0.5, 0.6) is 11.5 Å². The van der Waals surface area contributed by atoms with Crippen molar-refractivity contribution in [2.45, 2.75) is 13.5 Å². The molecule has 1 aliphatic heterocycles. The van der Waals surface area contributed by atoms with Crippen LogP contribution in [-0.4, -0.2) is 37.0 Å². The van der Waals surface area contributed by atoms with E-state index in [-0.39, 0.29) is 25.0 Å². The highest BCUT2D eigenvalue weighted by Crippen LogP contribution is 2.37. The molecule has 6 nitrogen and oxygen atoms in total. The number of nitrogens with zero attached hydrogens (tertiary/aromatic N) is 1. The molecule has 0 spiro atoms. The number of ketones is 1. The SMILES string of the molecule is CC(=O)c1cc2c(cc1NC(=O)CN(C)Cc1ccccc1)OCO2. The zero-order valence-corrected chi connectivity index (χ0v) is 14.2. The molecule has 0 radical (unpaired) electrons. The number of nitrogens with one attached hydrogen (secondary N) is 1. The van der Waals surface area contributed by atoms with E-state index in [1.54, 1.807) is 12.1 Å². The van der Waals surface area contributed by atoms with Crippen LogP contribution in [0.4, 0.5) is 5.69 Å². The number of ether oxygens (including phenoxy) is 2. The number of fused-ring (bicyclic) bond motifs is 1. The largest absolute Gasteiger partial charge is 0.454 e. The molecule has 25 heavy (non-hydrogen) atoms. The summed E-state index contributed by atoms with van der Waals surface area (Å²) in [6.45, 7) is 2.44. The summed E-state index contributed by atoms with van der Waals surface area (Å²) in [6.07, 6.45) is 0. The molecule has 1 N–H and O–H groups in total. The number of hydrogen-bond acceptors (Lipinski definition) is 5. The van der Waals surface area contributed by atoms with E-state index in [1.165, 1.54) is 6.92 Å². The van der Waals surface area contributed by atoms with Gasteiger partial charge in [0.25, 0.3) is 0 Å². The second-order valence-electron chi connectivity index (χ2n) is 6.01. The Bertz CT molecular complexity index is 790. The lowest BCUT2D eigenvalue weighted by Gasteiger charge is -2.17. The maximum absolute atomic E-state index is 12.4. The quantitative estimate of drug-likeness (QED) is 0.819. The first-order chi connectivity index (χ1) is 12.0. The molecular formula is C19H20N2O4. The molecule has 1 amide bonds. The fraction of sp³-hybridized carbons (Fsp3) is 0.263. The normalized spacial score (nSPS) is 12.3. The molecule has 0 saturated carbocycles. The van der Waals surface area contributed by atoms with E-state index < -0.39 is 0 Å². The average Bonchev–Trinajstić information content (AvgIpc) is 3.01. The number of benzene rings is 2. The Morgan fingerprint density at radius 3 is 2.48 bits per heavy atom. The first kappa shape index (κ1) is 17.0. The Hall–Kier alpha value is -2.86. The highest BCUT2D eigenvalue weighted by atomic mass is 16.7. The Morgan fingerprint density at radius 1 is 1.12 bits per heavy atom. The van der Waals surface area contributed by atoms with Gasteiger partial charge in [0.1, 0.15) is 0 Å². The molecule has 0 fully saturated rings. The van der Waals surface area contributed by atoms with Crippen LogP contribution < -0.4 is 14.8 Å². The maximum Gasteiger partial charge on any atom is 0.238 e. The van der Waals surface area contributed by atoms with Gasteiger partial charge in [-0.25, -0.2) is 0 Å². The molecule has 130 valence electrons. The average molecular weight is 340 g/mol.